The molecule has 0 saturated carbocycles. The molecule has 0 aromatic carbocycles. The third kappa shape index (κ3) is 1.06. The number of imidazole rings is 1. The van der Waals surface area contributed by atoms with Crippen LogP contribution < -0.4 is 5.73 Å². The van der Waals surface area contributed by atoms with Gasteiger partial charge in [-0.15, -0.1) is 0 Å². The zero-order valence-electron chi connectivity index (χ0n) is 7.08. The maximum atomic E-state index is 6.25. The molecule has 0 spiro atoms. The van der Waals surface area contributed by atoms with Crippen LogP contribution in [0.5, 0.6) is 0 Å². The largest absolute Gasteiger partial charge is 0.347 e. The Hall–Kier alpha value is -0.480. The van der Waals surface area contributed by atoms with Crippen LogP contribution in [-0.2, 0) is 5.54 Å². The molecule has 1 aliphatic rings. The van der Waals surface area contributed by atoms with E-state index in [1.54, 1.807) is 6.20 Å². The van der Waals surface area contributed by atoms with Crippen molar-refractivity contribution in [3.8, 4) is 0 Å². The first kappa shape index (κ1) is 8.13. The lowest BCUT2D eigenvalue weighted by Crippen LogP contribution is -2.43. The summed E-state index contributed by atoms with van der Waals surface area (Å²) in [6.07, 6.45) is 3.60. The molecule has 1 saturated heterocycles. The van der Waals surface area contributed by atoms with E-state index in [9.17, 15) is 0 Å². The lowest BCUT2D eigenvalue weighted by Gasteiger charge is -2.25. The van der Waals surface area contributed by atoms with Crippen molar-refractivity contribution in [2.75, 3.05) is 11.5 Å². The summed E-state index contributed by atoms with van der Waals surface area (Å²) in [5.41, 5.74) is 6.03. The number of thioether (sulfide) groups is 1. The normalized spacial score (nSPS) is 35.7. The molecular weight excluding hydrogens is 170 g/mol. The predicted molar refractivity (Wildman–Crippen MR) is 50.9 cm³/mol. The van der Waals surface area contributed by atoms with Crippen molar-refractivity contribution < 1.29 is 0 Å². The van der Waals surface area contributed by atoms with Gasteiger partial charge in [0.15, 0.2) is 0 Å². The quantitative estimate of drug-likeness (QED) is 0.681. The van der Waals surface area contributed by atoms with Crippen LogP contribution in [0.2, 0.25) is 0 Å². The summed E-state index contributed by atoms with van der Waals surface area (Å²) >= 11 is 1.90. The summed E-state index contributed by atoms with van der Waals surface area (Å²) in [5, 5.41) is 0. The van der Waals surface area contributed by atoms with E-state index in [2.05, 4.69) is 16.9 Å². The Bertz CT molecular complexity index is 259. The van der Waals surface area contributed by atoms with Crippen molar-refractivity contribution in [3.63, 3.8) is 0 Å². The minimum atomic E-state index is -0.228. The molecule has 1 fully saturated rings. The summed E-state index contributed by atoms with van der Waals surface area (Å²) in [5.74, 6) is 3.55. The third-order valence-corrected chi connectivity index (χ3v) is 3.94. The van der Waals surface area contributed by atoms with Crippen molar-refractivity contribution in [1.29, 1.82) is 0 Å². The second kappa shape index (κ2) is 2.78. The van der Waals surface area contributed by atoms with Gasteiger partial charge in [0.25, 0.3) is 0 Å². The fraction of sp³-hybridized carbons (Fsp3) is 0.625. The molecule has 2 heterocycles. The molecule has 3 N–H and O–H groups in total. The molecule has 0 bridgehead atoms. The minimum Gasteiger partial charge on any atom is -0.347 e. The van der Waals surface area contributed by atoms with Crippen molar-refractivity contribution >= 4 is 11.8 Å². The van der Waals surface area contributed by atoms with Crippen molar-refractivity contribution in [1.82, 2.24) is 9.97 Å². The molecular formula is C8H13N3S. The zero-order chi connectivity index (χ0) is 8.60. The summed E-state index contributed by atoms with van der Waals surface area (Å²) in [4.78, 5) is 7.33. The number of hydrogen-bond donors (Lipinski definition) is 2. The Kier molecular flexibility index (Phi) is 1.88. The van der Waals surface area contributed by atoms with E-state index in [0.717, 1.165) is 17.3 Å². The van der Waals surface area contributed by atoms with E-state index >= 15 is 0 Å². The maximum Gasteiger partial charge on any atom is 0.127 e. The Morgan fingerprint density at radius 2 is 2.67 bits per heavy atom. The number of rotatable bonds is 1. The molecule has 12 heavy (non-hydrogen) atoms. The highest BCUT2D eigenvalue weighted by molar-refractivity contribution is 7.99. The van der Waals surface area contributed by atoms with Gasteiger partial charge < -0.3 is 10.7 Å². The Morgan fingerprint density at radius 3 is 3.17 bits per heavy atom. The van der Waals surface area contributed by atoms with Gasteiger partial charge in [0, 0.05) is 18.1 Å². The van der Waals surface area contributed by atoms with Crippen LogP contribution in [-0.4, -0.2) is 21.5 Å². The van der Waals surface area contributed by atoms with E-state index in [-0.39, 0.29) is 5.54 Å². The Labute approximate surface area is 76.1 Å². The van der Waals surface area contributed by atoms with Gasteiger partial charge in [-0.25, -0.2) is 4.98 Å². The number of aromatic amines is 1. The first-order valence-electron chi connectivity index (χ1n) is 4.10. The molecule has 0 radical (unpaired) electrons. The van der Waals surface area contributed by atoms with Gasteiger partial charge in [0.2, 0.25) is 0 Å². The molecule has 3 nitrogen and oxygen atoms in total. The SMILES string of the molecule is C[C@H]1CSC[C@@]1(N)c1ncc[nH]1. The van der Waals surface area contributed by atoms with Gasteiger partial charge in [-0.05, 0) is 11.7 Å². The average Bonchev–Trinajstić information content (AvgIpc) is 2.62. The fourth-order valence-electron chi connectivity index (χ4n) is 1.52. The van der Waals surface area contributed by atoms with Crippen LogP contribution >= 0.6 is 11.8 Å². The van der Waals surface area contributed by atoms with Gasteiger partial charge in [0.1, 0.15) is 5.82 Å². The van der Waals surface area contributed by atoms with Crippen molar-refractivity contribution in [2.24, 2.45) is 11.7 Å². The number of nitrogens with zero attached hydrogens (tertiary/aromatic N) is 1. The van der Waals surface area contributed by atoms with E-state index < -0.39 is 0 Å². The van der Waals surface area contributed by atoms with Gasteiger partial charge in [-0.3, -0.25) is 0 Å². The van der Waals surface area contributed by atoms with Crippen molar-refractivity contribution in [2.45, 2.75) is 12.5 Å². The molecule has 1 aromatic heterocycles. The second-order valence-corrected chi connectivity index (χ2v) is 4.42. The summed E-state index contributed by atoms with van der Waals surface area (Å²) in [6.45, 7) is 2.18. The van der Waals surface area contributed by atoms with Crippen molar-refractivity contribution in [3.05, 3.63) is 18.2 Å². The van der Waals surface area contributed by atoms with Crippen LogP contribution in [0.3, 0.4) is 0 Å². The smallest absolute Gasteiger partial charge is 0.127 e. The summed E-state index contributed by atoms with van der Waals surface area (Å²) in [6, 6.07) is 0. The molecule has 1 aromatic rings. The lowest BCUT2D eigenvalue weighted by molar-refractivity contribution is 0.363. The van der Waals surface area contributed by atoms with E-state index in [4.69, 9.17) is 5.73 Å². The van der Waals surface area contributed by atoms with E-state index in [0.29, 0.717) is 5.92 Å². The van der Waals surface area contributed by atoms with Crippen LogP contribution in [0.4, 0.5) is 0 Å². The van der Waals surface area contributed by atoms with Crippen LogP contribution in [0, 0.1) is 5.92 Å². The summed E-state index contributed by atoms with van der Waals surface area (Å²) in [7, 11) is 0. The fourth-order valence-corrected chi connectivity index (χ4v) is 3.04. The first-order chi connectivity index (χ1) is 5.73. The maximum absolute atomic E-state index is 6.25. The van der Waals surface area contributed by atoms with E-state index in [1.165, 1.54) is 0 Å². The molecule has 66 valence electrons. The highest BCUT2D eigenvalue weighted by atomic mass is 32.2. The predicted octanol–water partition coefficient (Wildman–Crippen LogP) is 0.947. The van der Waals surface area contributed by atoms with Gasteiger partial charge >= 0.3 is 0 Å². The molecule has 2 rings (SSSR count). The minimum absolute atomic E-state index is 0.228. The summed E-state index contributed by atoms with van der Waals surface area (Å²) < 4.78 is 0. The Morgan fingerprint density at radius 1 is 1.83 bits per heavy atom. The number of hydrogen-bond acceptors (Lipinski definition) is 3. The lowest BCUT2D eigenvalue weighted by atomic mass is 9.89. The highest BCUT2D eigenvalue weighted by Crippen LogP contribution is 2.37. The Balaban J connectivity index is 2.32. The van der Waals surface area contributed by atoms with Crippen LogP contribution in [0.1, 0.15) is 12.7 Å². The topological polar surface area (TPSA) is 54.7 Å². The molecule has 2 atom stereocenters. The number of aromatic nitrogens is 2. The number of H-pyrrole nitrogens is 1. The van der Waals surface area contributed by atoms with Crippen LogP contribution in [0.25, 0.3) is 0 Å². The van der Waals surface area contributed by atoms with E-state index in [1.807, 2.05) is 18.0 Å². The highest BCUT2D eigenvalue weighted by Gasteiger charge is 2.40. The van der Waals surface area contributed by atoms with Gasteiger partial charge in [-0.1, -0.05) is 6.92 Å². The average molecular weight is 183 g/mol. The third-order valence-electron chi connectivity index (χ3n) is 2.53. The number of nitrogens with two attached hydrogens (primary N) is 1. The standard InChI is InChI=1S/C8H13N3S/c1-6-4-12-5-8(6,9)7-10-2-3-11-7/h2-3,6H,4-5,9H2,1H3,(H,10,11)/t6-,8-/m0/s1. The molecule has 0 unspecified atom stereocenters. The first-order valence-corrected chi connectivity index (χ1v) is 5.25. The van der Waals surface area contributed by atoms with Gasteiger partial charge in [0.05, 0.1) is 5.54 Å². The second-order valence-electron chi connectivity index (χ2n) is 3.39. The van der Waals surface area contributed by atoms with Gasteiger partial charge in [-0.2, -0.15) is 11.8 Å². The molecule has 4 heteroatoms. The monoisotopic (exact) mass is 183 g/mol. The number of nitrogens with one attached hydrogen (secondary N) is 1. The molecule has 0 amide bonds. The zero-order valence-corrected chi connectivity index (χ0v) is 7.90. The molecule has 0 aliphatic carbocycles. The molecule has 1 aliphatic heterocycles. The van der Waals surface area contributed by atoms with Crippen LogP contribution in [0.15, 0.2) is 12.4 Å².